The van der Waals surface area contributed by atoms with E-state index in [1.165, 1.54) is 19.1 Å². The van der Waals surface area contributed by atoms with Gasteiger partial charge in [-0.3, -0.25) is 4.79 Å². The molecule has 0 amide bonds. The van der Waals surface area contributed by atoms with Crippen LogP contribution in [0.5, 0.6) is 0 Å². The van der Waals surface area contributed by atoms with Crippen molar-refractivity contribution in [2.75, 3.05) is 5.73 Å². The monoisotopic (exact) mass is 289 g/mol. The van der Waals surface area contributed by atoms with Crippen molar-refractivity contribution >= 4 is 11.5 Å². The van der Waals surface area contributed by atoms with Crippen LogP contribution in [0.1, 0.15) is 40.7 Å². The molecule has 0 aliphatic rings. The van der Waals surface area contributed by atoms with Crippen LogP contribution in [0.15, 0.2) is 36.4 Å². The molecule has 0 spiro atoms. The summed E-state index contributed by atoms with van der Waals surface area (Å²) in [5, 5.41) is 0. The van der Waals surface area contributed by atoms with Crippen LogP contribution in [-0.2, 0) is 0 Å². The number of nitrogen functional groups attached to an aromatic ring is 1. The molecule has 0 radical (unpaired) electrons. The molecule has 0 heterocycles. The molecule has 0 aliphatic carbocycles. The van der Waals surface area contributed by atoms with Gasteiger partial charge in [0.05, 0.1) is 5.56 Å². The Morgan fingerprint density at radius 3 is 2.33 bits per heavy atom. The summed E-state index contributed by atoms with van der Waals surface area (Å²) in [6, 6.07) is 9.93. The number of ketones is 1. The average Bonchev–Trinajstić information content (AvgIpc) is 2.45. The minimum absolute atomic E-state index is 0.0955. The Bertz CT molecular complexity index is 665. The number of anilines is 1. The van der Waals surface area contributed by atoms with Crippen molar-refractivity contribution in [2.24, 2.45) is 0 Å². The van der Waals surface area contributed by atoms with E-state index in [0.717, 1.165) is 5.56 Å². The van der Waals surface area contributed by atoms with Gasteiger partial charge >= 0.3 is 0 Å². The lowest BCUT2D eigenvalue weighted by Crippen LogP contribution is -2.09. The zero-order chi connectivity index (χ0) is 15.6. The molecule has 2 N–H and O–H groups in total. The second-order valence-electron chi connectivity index (χ2n) is 5.25. The molecular weight excluding hydrogens is 272 g/mol. The van der Waals surface area contributed by atoms with Crippen molar-refractivity contribution in [1.82, 2.24) is 0 Å². The van der Waals surface area contributed by atoms with Crippen molar-refractivity contribution in [3.05, 3.63) is 64.7 Å². The van der Waals surface area contributed by atoms with E-state index in [4.69, 9.17) is 5.73 Å². The van der Waals surface area contributed by atoms with Crippen LogP contribution in [0.25, 0.3) is 0 Å². The normalized spacial score (nSPS) is 12.2. The lowest BCUT2D eigenvalue weighted by atomic mass is 9.92. The van der Waals surface area contributed by atoms with Crippen LogP contribution >= 0.6 is 0 Å². The number of rotatable bonds is 4. The van der Waals surface area contributed by atoms with Crippen molar-refractivity contribution in [2.45, 2.75) is 26.2 Å². The summed E-state index contributed by atoms with van der Waals surface area (Å²) in [7, 11) is 0. The lowest BCUT2D eigenvalue weighted by molar-refractivity contribution is 0.0970. The fourth-order valence-corrected chi connectivity index (χ4v) is 2.19. The summed E-state index contributed by atoms with van der Waals surface area (Å²) in [4.78, 5) is 12.1. The predicted octanol–water partition coefficient (Wildman–Crippen LogP) is 4.23. The molecule has 110 valence electrons. The predicted molar refractivity (Wildman–Crippen MR) is 79.3 cm³/mol. The number of carbonyl (C=O) groups excluding carboxylic acids is 1. The number of nitrogens with two attached hydrogens (primary N) is 1. The van der Waals surface area contributed by atoms with Crippen molar-refractivity contribution in [1.29, 1.82) is 0 Å². The summed E-state index contributed by atoms with van der Waals surface area (Å²) in [6.45, 7) is 3.33. The Labute approximate surface area is 122 Å². The highest BCUT2D eigenvalue weighted by Gasteiger charge is 2.19. The van der Waals surface area contributed by atoms with Crippen LogP contribution < -0.4 is 5.73 Å². The van der Waals surface area contributed by atoms with Gasteiger partial charge in [0.25, 0.3) is 0 Å². The Kier molecular flexibility index (Phi) is 4.36. The maximum atomic E-state index is 13.8. The Morgan fingerprint density at radius 2 is 1.71 bits per heavy atom. The van der Waals surface area contributed by atoms with Gasteiger partial charge in [0.2, 0.25) is 0 Å². The van der Waals surface area contributed by atoms with Crippen LogP contribution in [0, 0.1) is 18.6 Å². The summed E-state index contributed by atoms with van der Waals surface area (Å²) in [5.41, 5.74) is 7.19. The number of hydrogen-bond donors (Lipinski definition) is 1. The van der Waals surface area contributed by atoms with E-state index in [9.17, 15) is 13.6 Å². The molecule has 21 heavy (non-hydrogen) atoms. The summed E-state index contributed by atoms with van der Waals surface area (Å²) in [6.07, 6.45) is 0.114. The Hall–Kier alpha value is -2.23. The van der Waals surface area contributed by atoms with Crippen LogP contribution in [0.3, 0.4) is 0 Å². The van der Waals surface area contributed by atoms with Crippen molar-refractivity contribution in [3.8, 4) is 0 Å². The van der Waals surface area contributed by atoms with Gasteiger partial charge in [0.15, 0.2) is 17.4 Å². The van der Waals surface area contributed by atoms with E-state index in [2.05, 4.69) is 0 Å². The molecule has 2 aromatic carbocycles. The van der Waals surface area contributed by atoms with Gasteiger partial charge in [-0.05, 0) is 42.2 Å². The standard InChI is InChI=1S/C17H17F2NO/c1-10-3-8-14(17(19)16(10)18)15(21)9-11(2)12-4-6-13(20)7-5-12/h3-8,11H,9,20H2,1-2H3. The molecule has 1 unspecified atom stereocenters. The zero-order valence-electron chi connectivity index (χ0n) is 12.0. The minimum atomic E-state index is -1.07. The van der Waals surface area contributed by atoms with E-state index in [0.29, 0.717) is 5.69 Å². The van der Waals surface area contributed by atoms with Crippen LogP contribution in [0.4, 0.5) is 14.5 Å². The molecule has 1 atom stereocenters. The molecule has 0 aliphatic heterocycles. The summed E-state index contributed by atoms with van der Waals surface area (Å²) < 4.78 is 27.3. The number of carbonyl (C=O) groups is 1. The number of hydrogen-bond acceptors (Lipinski definition) is 2. The van der Waals surface area contributed by atoms with Crippen LogP contribution in [0.2, 0.25) is 0 Å². The third-order valence-electron chi connectivity index (χ3n) is 3.57. The van der Waals surface area contributed by atoms with Gasteiger partial charge < -0.3 is 5.73 Å². The van der Waals surface area contributed by atoms with Crippen molar-refractivity contribution < 1.29 is 13.6 Å². The second-order valence-corrected chi connectivity index (χ2v) is 5.25. The Balaban J connectivity index is 2.18. The fraction of sp³-hybridized carbons (Fsp3) is 0.235. The first kappa shape index (κ1) is 15.2. The van der Waals surface area contributed by atoms with E-state index >= 15 is 0 Å². The first-order valence-corrected chi connectivity index (χ1v) is 6.73. The molecule has 2 aromatic rings. The Morgan fingerprint density at radius 1 is 1.10 bits per heavy atom. The molecule has 0 aromatic heterocycles. The lowest BCUT2D eigenvalue weighted by Gasteiger charge is -2.12. The van der Waals surface area contributed by atoms with Gasteiger partial charge in [-0.2, -0.15) is 0 Å². The fourth-order valence-electron chi connectivity index (χ4n) is 2.19. The van der Waals surface area contributed by atoms with Gasteiger partial charge in [0, 0.05) is 12.1 Å². The maximum absolute atomic E-state index is 13.8. The van der Waals surface area contributed by atoms with E-state index < -0.39 is 17.4 Å². The van der Waals surface area contributed by atoms with E-state index in [-0.39, 0.29) is 23.5 Å². The summed E-state index contributed by atoms with van der Waals surface area (Å²) in [5.74, 6) is -2.52. The highest BCUT2D eigenvalue weighted by molar-refractivity contribution is 5.96. The maximum Gasteiger partial charge on any atom is 0.169 e. The van der Waals surface area contributed by atoms with E-state index in [1.54, 1.807) is 12.1 Å². The largest absolute Gasteiger partial charge is 0.399 e. The minimum Gasteiger partial charge on any atom is -0.399 e. The smallest absolute Gasteiger partial charge is 0.169 e. The summed E-state index contributed by atoms with van der Waals surface area (Å²) >= 11 is 0. The average molecular weight is 289 g/mol. The molecule has 2 rings (SSSR count). The first-order chi connectivity index (χ1) is 9.90. The van der Waals surface area contributed by atoms with Crippen LogP contribution in [-0.4, -0.2) is 5.78 Å². The second kappa shape index (κ2) is 6.04. The highest BCUT2D eigenvalue weighted by atomic mass is 19.2. The zero-order valence-corrected chi connectivity index (χ0v) is 12.0. The molecule has 0 fully saturated rings. The molecule has 4 heteroatoms. The SMILES string of the molecule is Cc1ccc(C(=O)CC(C)c2ccc(N)cc2)c(F)c1F. The number of aryl methyl sites for hydroxylation is 1. The number of halogens is 2. The third-order valence-corrected chi connectivity index (χ3v) is 3.57. The third kappa shape index (κ3) is 3.27. The molecule has 0 saturated carbocycles. The van der Waals surface area contributed by atoms with Gasteiger partial charge in [-0.25, -0.2) is 8.78 Å². The highest BCUT2D eigenvalue weighted by Crippen LogP contribution is 2.24. The van der Waals surface area contributed by atoms with Crippen molar-refractivity contribution in [3.63, 3.8) is 0 Å². The molecule has 0 bridgehead atoms. The molecular formula is C17H17F2NO. The van der Waals surface area contributed by atoms with Gasteiger partial charge in [-0.1, -0.05) is 25.1 Å². The quantitative estimate of drug-likeness (QED) is 0.676. The molecule has 0 saturated heterocycles. The first-order valence-electron chi connectivity index (χ1n) is 6.73. The van der Waals surface area contributed by atoms with Gasteiger partial charge in [-0.15, -0.1) is 0 Å². The van der Waals surface area contributed by atoms with Gasteiger partial charge in [0.1, 0.15) is 0 Å². The van der Waals surface area contributed by atoms with E-state index in [1.807, 2.05) is 19.1 Å². The molecule has 2 nitrogen and oxygen atoms in total. The number of benzene rings is 2. The number of Topliss-reactive ketones (excluding diaryl/α,β-unsaturated/α-hetero) is 1. The topological polar surface area (TPSA) is 43.1 Å².